The predicted molar refractivity (Wildman–Crippen MR) is 91.9 cm³/mol. The van der Waals surface area contributed by atoms with Crippen LogP contribution in [0.1, 0.15) is 5.56 Å². The molecule has 0 aromatic heterocycles. The van der Waals surface area contributed by atoms with Gasteiger partial charge in [-0.05, 0) is 24.3 Å². The molecular formula is C16H14N4OS. The van der Waals surface area contributed by atoms with Crippen molar-refractivity contribution < 1.29 is 4.74 Å². The predicted octanol–water partition coefficient (Wildman–Crippen LogP) is 3.35. The molecule has 5 nitrogen and oxygen atoms in total. The average molecular weight is 310 g/mol. The minimum Gasteiger partial charge on any atom is -0.434 e. The van der Waals surface area contributed by atoms with Crippen LogP contribution in [-0.4, -0.2) is 22.7 Å². The molecule has 2 aliphatic heterocycles. The van der Waals surface area contributed by atoms with Crippen molar-refractivity contribution in [3.63, 3.8) is 0 Å². The first-order valence-corrected chi connectivity index (χ1v) is 7.59. The first-order valence-electron chi connectivity index (χ1n) is 6.60. The van der Waals surface area contributed by atoms with Crippen LogP contribution in [0.4, 0.5) is 5.69 Å². The Morgan fingerprint density at radius 1 is 1.45 bits per heavy atom. The Bertz CT molecular complexity index is 761. The van der Waals surface area contributed by atoms with Gasteiger partial charge in [-0.3, -0.25) is 5.41 Å². The van der Waals surface area contributed by atoms with Crippen molar-refractivity contribution in [2.75, 3.05) is 5.75 Å². The molecule has 2 heterocycles. The van der Waals surface area contributed by atoms with Crippen LogP contribution in [-0.2, 0) is 4.74 Å². The minimum absolute atomic E-state index is 0.0935. The highest BCUT2D eigenvalue weighted by atomic mass is 32.2. The van der Waals surface area contributed by atoms with E-state index in [1.165, 1.54) is 0 Å². The summed E-state index contributed by atoms with van der Waals surface area (Å²) in [6.45, 7) is 7.47. The summed E-state index contributed by atoms with van der Waals surface area (Å²) in [5.41, 5.74) is 2.53. The van der Waals surface area contributed by atoms with E-state index in [0.29, 0.717) is 11.7 Å². The van der Waals surface area contributed by atoms with Gasteiger partial charge in [-0.25, -0.2) is 4.99 Å². The van der Waals surface area contributed by atoms with Crippen LogP contribution >= 0.6 is 11.8 Å². The van der Waals surface area contributed by atoms with Crippen molar-refractivity contribution in [1.82, 2.24) is 5.32 Å². The van der Waals surface area contributed by atoms with Gasteiger partial charge in [0.15, 0.2) is 16.8 Å². The van der Waals surface area contributed by atoms with Crippen LogP contribution in [0.25, 0.3) is 0 Å². The fraction of sp³-hybridized carbons (Fsp3) is 0.0625. The Morgan fingerprint density at radius 2 is 2.32 bits per heavy atom. The van der Waals surface area contributed by atoms with Crippen molar-refractivity contribution in [3.8, 4) is 0 Å². The molecule has 0 bridgehead atoms. The number of benzene rings is 1. The van der Waals surface area contributed by atoms with Gasteiger partial charge in [0.25, 0.3) is 0 Å². The fourth-order valence-electron chi connectivity index (χ4n) is 1.94. The van der Waals surface area contributed by atoms with Crippen LogP contribution in [0.2, 0.25) is 0 Å². The van der Waals surface area contributed by atoms with E-state index in [9.17, 15) is 0 Å². The van der Waals surface area contributed by atoms with Crippen molar-refractivity contribution in [3.05, 3.63) is 66.6 Å². The van der Waals surface area contributed by atoms with E-state index < -0.39 is 0 Å². The molecule has 110 valence electrons. The lowest BCUT2D eigenvalue weighted by Crippen LogP contribution is -2.10. The maximum Gasteiger partial charge on any atom is 0.228 e. The Balaban J connectivity index is 1.85. The SMILES string of the molecule is C=C/C=C1/OC(c2cccc(N=C3NC(=C)CS3)c2)=NC1=N. The van der Waals surface area contributed by atoms with Crippen molar-refractivity contribution in [2.45, 2.75) is 0 Å². The molecule has 22 heavy (non-hydrogen) atoms. The standard InChI is InChI=1S/C16H14N4OS/c1-3-5-13-14(17)20-15(21-13)11-6-4-7-12(8-11)19-16-18-10(2)9-22-16/h3-8,17H,1-2,9H2,(H,18,19)/b13-5+,17-14?. The first kappa shape index (κ1) is 14.3. The molecule has 0 spiro atoms. The summed E-state index contributed by atoms with van der Waals surface area (Å²) in [5.74, 6) is 1.72. The van der Waals surface area contributed by atoms with Crippen LogP contribution in [0.3, 0.4) is 0 Å². The Morgan fingerprint density at radius 3 is 3.05 bits per heavy atom. The summed E-state index contributed by atoms with van der Waals surface area (Å²) in [6, 6.07) is 7.54. The molecule has 0 atom stereocenters. The van der Waals surface area contributed by atoms with Crippen LogP contribution in [0, 0.1) is 5.41 Å². The van der Waals surface area contributed by atoms with E-state index in [1.807, 2.05) is 24.3 Å². The number of aliphatic imine (C=N–C) groups is 2. The molecule has 1 aromatic rings. The van der Waals surface area contributed by atoms with Crippen molar-refractivity contribution in [1.29, 1.82) is 5.41 Å². The highest BCUT2D eigenvalue weighted by Crippen LogP contribution is 2.23. The zero-order valence-corrected chi connectivity index (χ0v) is 12.6. The number of thioether (sulfide) groups is 1. The number of ether oxygens (including phenoxy) is 1. The number of rotatable bonds is 3. The smallest absolute Gasteiger partial charge is 0.228 e. The number of hydrogen-bond donors (Lipinski definition) is 2. The second-order valence-electron chi connectivity index (χ2n) is 4.62. The van der Waals surface area contributed by atoms with Gasteiger partial charge in [-0.2, -0.15) is 4.99 Å². The summed E-state index contributed by atoms with van der Waals surface area (Å²) in [5, 5.41) is 11.7. The highest BCUT2D eigenvalue weighted by molar-refractivity contribution is 8.14. The number of nitrogens with zero attached hydrogens (tertiary/aromatic N) is 2. The maximum atomic E-state index is 7.77. The molecule has 1 saturated heterocycles. The highest BCUT2D eigenvalue weighted by Gasteiger charge is 2.20. The van der Waals surface area contributed by atoms with Gasteiger partial charge < -0.3 is 10.1 Å². The van der Waals surface area contributed by atoms with E-state index >= 15 is 0 Å². The molecule has 3 rings (SSSR count). The molecule has 2 N–H and O–H groups in total. The van der Waals surface area contributed by atoms with Gasteiger partial charge in [0.1, 0.15) is 0 Å². The average Bonchev–Trinajstić information content (AvgIpc) is 3.07. The Labute approximate surface area is 132 Å². The lowest BCUT2D eigenvalue weighted by Gasteiger charge is -2.03. The first-order chi connectivity index (χ1) is 10.7. The van der Waals surface area contributed by atoms with Crippen LogP contribution in [0.15, 0.2) is 71.0 Å². The van der Waals surface area contributed by atoms with Gasteiger partial charge >= 0.3 is 0 Å². The number of allylic oxidation sites excluding steroid dienone is 2. The number of hydrogen-bond acceptors (Lipinski definition) is 4. The van der Waals surface area contributed by atoms with E-state index in [2.05, 4.69) is 28.5 Å². The number of nitrogens with one attached hydrogen (secondary N) is 2. The third-order valence-corrected chi connectivity index (χ3v) is 3.87. The zero-order chi connectivity index (χ0) is 15.5. The van der Waals surface area contributed by atoms with Gasteiger partial charge in [0, 0.05) is 17.0 Å². The van der Waals surface area contributed by atoms with E-state index in [1.54, 1.807) is 23.9 Å². The van der Waals surface area contributed by atoms with Gasteiger partial charge in [-0.1, -0.05) is 37.1 Å². The second-order valence-corrected chi connectivity index (χ2v) is 5.58. The summed E-state index contributed by atoms with van der Waals surface area (Å²) in [7, 11) is 0. The lowest BCUT2D eigenvalue weighted by atomic mass is 10.2. The molecule has 2 aliphatic rings. The molecule has 0 aliphatic carbocycles. The summed E-state index contributed by atoms with van der Waals surface area (Å²) < 4.78 is 5.57. The summed E-state index contributed by atoms with van der Waals surface area (Å²) in [4.78, 5) is 8.65. The molecule has 6 heteroatoms. The second kappa shape index (κ2) is 6.03. The maximum absolute atomic E-state index is 7.77. The van der Waals surface area contributed by atoms with E-state index in [4.69, 9.17) is 10.1 Å². The molecule has 0 radical (unpaired) electrons. The zero-order valence-electron chi connectivity index (χ0n) is 11.8. The van der Waals surface area contributed by atoms with E-state index in [0.717, 1.165) is 27.9 Å². The van der Waals surface area contributed by atoms with Crippen molar-refractivity contribution in [2.24, 2.45) is 9.98 Å². The van der Waals surface area contributed by atoms with Gasteiger partial charge in [0.2, 0.25) is 5.90 Å². The molecule has 0 amide bonds. The third kappa shape index (κ3) is 3.01. The minimum atomic E-state index is 0.0935. The molecular weight excluding hydrogens is 296 g/mol. The van der Waals surface area contributed by atoms with E-state index in [-0.39, 0.29) is 5.84 Å². The molecule has 0 unspecified atom stereocenters. The largest absolute Gasteiger partial charge is 0.434 e. The van der Waals surface area contributed by atoms with Crippen LogP contribution in [0.5, 0.6) is 0 Å². The molecule has 1 fully saturated rings. The normalized spacial score (nSPS) is 21.0. The topological polar surface area (TPSA) is 69.8 Å². The molecule has 0 saturated carbocycles. The van der Waals surface area contributed by atoms with Gasteiger partial charge in [-0.15, -0.1) is 0 Å². The number of amidine groups is 2. The van der Waals surface area contributed by atoms with Gasteiger partial charge in [0.05, 0.1) is 5.69 Å². The lowest BCUT2D eigenvalue weighted by molar-refractivity contribution is 0.460. The summed E-state index contributed by atoms with van der Waals surface area (Å²) in [6.07, 6.45) is 3.19. The quantitative estimate of drug-likeness (QED) is 0.899. The summed E-state index contributed by atoms with van der Waals surface area (Å²) >= 11 is 1.61. The van der Waals surface area contributed by atoms with Crippen LogP contribution < -0.4 is 5.32 Å². The third-order valence-electron chi connectivity index (χ3n) is 2.91. The monoisotopic (exact) mass is 310 g/mol. The molecule has 1 aromatic carbocycles. The Kier molecular flexibility index (Phi) is 3.93. The van der Waals surface area contributed by atoms with Crippen molar-refractivity contribution >= 4 is 34.4 Å². The Hall–Kier alpha value is -2.60. The fourth-order valence-corrected chi connectivity index (χ4v) is 2.71.